The van der Waals surface area contributed by atoms with Crippen molar-refractivity contribution in [2.45, 2.75) is 19.1 Å². The van der Waals surface area contributed by atoms with Gasteiger partial charge in [-0.3, -0.25) is 24.1 Å². The fraction of sp³-hybridized carbons (Fsp3) is 0.273. The highest BCUT2D eigenvalue weighted by Crippen LogP contribution is 2.25. The molecule has 3 rings (SSSR count). The number of methoxy groups -OCH3 is 1. The summed E-state index contributed by atoms with van der Waals surface area (Å²) in [6.07, 6.45) is -4.58. The number of halogens is 3. The van der Waals surface area contributed by atoms with E-state index in [1.54, 1.807) is 11.4 Å². The average Bonchev–Trinajstić information content (AvgIpc) is 3.02. The van der Waals surface area contributed by atoms with Gasteiger partial charge in [-0.05, 0) is 36.2 Å². The number of anilines is 1. The van der Waals surface area contributed by atoms with Crippen molar-refractivity contribution in [3.8, 4) is 0 Å². The number of nitrogens with zero attached hydrogens (tertiary/aromatic N) is 1. The van der Waals surface area contributed by atoms with Crippen LogP contribution in [0.4, 0.5) is 18.9 Å². The number of ether oxygens (including phenoxy) is 1. The minimum absolute atomic E-state index is 0.0958. The lowest BCUT2D eigenvalue weighted by molar-refractivity contribution is -0.167. The average molecular weight is 463 g/mol. The lowest BCUT2D eigenvalue weighted by atomic mass is 10.1. The number of nitrogens with one attached hydrogen (secondary N) is 2. The third-order valence-electron chi connectivity index (χ3n) is 4.93. The summed E-state index contributed by atoms with van der Waals surface area (Å²) in [7, 11) is 1.51. The van der Waals surface area contributed by atoms with E-state index in [0.717, 1.165) is 4.90 Å². The first kappa shape index (κ1) is 23.9. The summed E-state index contributed by atoms with van der Waals surface area (Å²) in [4.78, 5) is 49.9. The molecule has 1 aliphatic heterocycles. The molecular formula is C22H20F3N3O5. The van der Waals surface area contributed by atoms with Gasteiger partial charge in [-0.1, -0.05) is 18.2 Å². The number of amides is 4. The second kappa shape index (κ2) is 9.82. The Balaban J connectivity index is 1.70. The van der Waals surface area contributed by atoms with Crippen LogP contribution in [0, 0.1) is 0 Å². The lowest BCUT2D eigenvalue weighted by Gasteiger charge is -2.13. The van der Waals surface area contributed by atoms with E-state index in [1.807, 2.05) is 0 Å². The van der Waals surface area contributed by atoms with Gasteiger partial charge in [-0.2, -0.15) is 13.2 Å². The first-order valence-electron chi connectivity index (χ1n) is 9.87. The molecule has 4 amide bonds. The van der Waals surface area contributed by atoms with Crippen LogP contribution in [-0.4, -0.2) is 55.0 Å². The number of para-hydroxylation sites is 1. The maximum absolute atomic E-state index is 12.6. The number of carbonyl (C=O) groups is 4. The number of fused-ring (bicyclic) bond motifs is 1. The van der Waals surface area contributed by atoms with E-state index in [9.17, 15) is 32.3 Å². The minimum atomic E-state index is -5.05. The van der Waals surface area contributed by atoms with E-state index in [-0.39, 0.29) is 41.0 Å². The van der Waals surface area contributed by atoms with Crippen molar-refractivity contribution >= 4 is 29.3 Å². The molecule has 1 aliphatic rings. The first-order chi connectivity index (χ1) is 15.6. The van der Waals surface area contributed by atoms with Crippen LogP contribution in [0.25, 0.3) is 0 Å². The molecule has 0 fully saturated rings. The van der Waals surface area contributed by atoms with Crippen molar-refractivity contribution in [1.82, 2.24) is 10.2 Å². The molecule has 8 nitrogen and oxygen atoms in total. The summed E-state index contributed by atoms with van der Waals surface area (Å²) in [6.45, 7) is 0.383. The van der Waals surface area contributed by atoms with E-state index in [1.165, 1.54) is 43.5 Å². The number of hydrogen-bond acceptors (Lipinski definition) is 5. The zero-order chi connectivity index (χ0) is 24.2. The molecule has 174 valence electrons. The summed E-state index contributed by atoms with van der Waals surface area (Å²) >= 11 is 0. The lowest BCUT2D eigenvalue weighted by Crippen LogP contribution is -2.31. The van der Waals surface area contributed by atoms with E-state index in [4.69, 9.17) is 4.74 Å². The number of benzene rings is 2. The Kier molecular flexibility index (Phi) is 7.12. The third-order valence-corrected chi connectivity index (χ3v) is 4.93. The van der Waals surface area contributed by atoms with Gasteiger partial charge in [0.1, 0.15) is 0 Å². The van der Waals surface area contributed by atoms with Gasteiger partial charge in [-0.25, -0.2) is 0 Å². The van der Waals surface area contributed by atoms with Crippen molar-refractivity contribution in [2.24, 2.45) is 0 Å². The van der Waals surface area contributed by atoms with Crippen molar-refractivity contribution in [3.63, 3.8) is 0 Å². The molecule has 0 saturated heterocycles. The van der Waals surface area contributed by atoms with Crippen LogP contribution in [0.1, 0.15) is 43.1 Å². The molecule has 0 spiro atoms. The van der Waals surface area contributed by atoms with Crippen LogP contribution in [0.3, 0.4) is 0 Å². The molecule has 2 aromatic carbocycles. The zero-order valence-corrected chi connectivity index (χ0v) is 17.5. The molecule has 0 bridgehead atoms. The van der Waals surface area contributed by atoms with Gasteiger partial charge >= 0.3 is 12.1 Å². The van der Waals surface area contributed by atoms with Crippen LogP contribution >= 0.6 is 0 Å². The van der Waals surface area contributed by atoms with E-state index in [2.05, 4.69) is 5.32 Å². The Morgan fingerprint density at radius 3 is 2.42 bits per heavy atom. The molecule has 2 aromatic rings. The molecule has 0 atom stereocenters. The molecule has 0 aliphatic carbocycles. The predicted octanol–water partition coefficient (Wildman–Crippen LogP) is 2.75. The second-order valence-electron chi connectivity index (χ2n) is 7.16. The molecule has 1 heterocycles. The summed E-state index contributed by atoms with van der Waals surface area (Å²) < 4.78 is 42.6. The molecule has 33 heavy (non-hydrogen) atoms. The Morgan fingerprint density at radius 1 is 1.03 bits per heavy atom. The van der Waals surface area contributed by atoms with Gasteiger partial charge in [-0.15, -0.1) is 0 Å². The number of alkyl halides is 3. The van der Waals surface area contributed by atoms with Gasteiger partial charge in [0.15, 0.2) is 0 Å². The SMILES string of the molecule is COCCCN1C(=O)c2ccc(C(=O)NCc3ccccc3NC(=O)C(F)(F)F)cc2C1=O. The summed E-state index contributed by atoms with van der Waals surface area (Å²) in [5.41, 5.74) is 0.546. The van der Waals surface area contributed by atoms with Gasteiger partial charge < -0.3 is 15.4 Å². The smallest absolute Gasteiger partial charge is 0.385 e. The Hall–Kier alpha value is -3.73. The minimum Gasteiger partial charge on any atom is -0.385 e. The van der Waals surface area contributed by atoms with Crippen molar-refractivity contribution in [2.75, 3.05) is 25.6 Å². The van der Waals surface area contributed by atoms with E-state index in [0.29, 0.717) is 13.0 Å². The highest BCUT2D eigenvalue weighted by Gasteiger charge is 2.39. The van der Waals surface area contributed by atoms with Gasteiger partial charge in [0.05, 0.1) is 11.1 Å². The Labute approximate surface area is 186 Å². The molecule has 0 saturated carbocycles. The fourth-order valence-corrected chi connectivity index (χ4v) is 3.27. The van der Waals surface area contributed by atoms with Crippen LogP contribution in [-0.2, 0) is 16.1 Å². The Bertz CT molecular complexity index is 1100. The second-order valence-corrected chi connectivity index (χ2v) is 7.16. The maximum atomic E-state index is 12.6. The van der Waals surface area contributed by atoms with Crippen LogP contribution in [0.15, 0.2) is 42.5 Å². The van der Waals surface area contributed by atoms with Crippen molar-refractivity contribution < 1.29 is 37.1 Å². The summed E-state index contributed by atoms with van der Waals surface area (Å²) in [6, 6.07) is 9.80. The van der Waals surface area contributed by atoms with Gasteiger partial charge in [0.25, 0.3) is 17.7 Å². The maximum Gasteiger partial charge on any atom is 0.471 e. The fourth-order valence-electron chi connectivity index (χ4n) is 3.27. The largest absolute Gasteiger partial charge is 0.471 e. The van der Waals surface area contributed by atoms with Crippen LogP contribution in [0.2, 0.25) is 0 Å². The highest BCUT2D eigenvalue weighted by atomic mass is 19.4. The third kappa shape index (κ3) is 5.37. The Morgan fingerprint density at radius 2 is 1.73 bits per heavy atom. The number of rotatable bonds is 8. The molecule has 0 aromatic heterocycles. The van der Waals surface area contributed by atoms with Crippen LogP contribution in [0.5, 0.6) is 0 Å². The molecule has 2 N–H and O–H groups in total. The topological polar surface area (TPSA) is 105 Å². The van der Waals surface area contributed by atoms with Crippen molar-refractivity contribution in [1.29, 1.82) is 0 Å². The predicted molar refractivity (Wildman–Crippen MR) is 111 cm³/mol. The molecule has 0 unspecified atom stereocenters. The quantitative estimate of drug-likeness (QED) is 0.463. The normalized spacial score (nSPS) is 13.2. The van der Waals surface area contributed by atoms with E-state index >= 15 is 0 Å². The van der Waals surface area contributed by atoms with Crippen molar-refractivity contribution in [3.05, 3.63) is 64.7 Å². The molecule has 0 radical (unpaired) electrons. The van der Waals surface area contributed by atoms with Gasteiger partial charge in [0.2, 0.25) is 0 Å². The zero-order valence-electron chi connectivity index (χ0n) is 17.5. The number of carbonyl (C=O) groups excluding carboxylic acids is 4. The highest BCUT2D eigenvalue weighted by molar-refractivity contribution is 6.22. The van der Waals surface area contributed by atoms with Gasteiger partial charge in [0, 0.05) is 38.1 Å². The molecular weight excluding hydrogens is 443 g/mol. The number of imide groups is 1. The molecule has 11 heteroatoms. The van der Waals surface area contributed by atoms with Crippen LogP contribution < -0.4 is 10.6 Å². The standard InChI is InChI=1S/C22H20F3N3O5/c1-33-10-4-9-28-19(30)15-8-7-13(11-16(15)20(28)31)18(29)26-12-14-5-2-3-6-17(14)27-21(32)22(23,24)25/h2-3,5-8,11H,4,9-10,12H2,1H3,(H,26,29)(H,27,32). The monoisotopic (exact) mass is 463 g/mol. The number of hydrogen-bond donors (Lipinski definition) is 2. The van der Waals surface area contributed by atoms with E-state index < -0.39 is 29.8 Å². The summed E-state index contributed by atoms with van der Waals surface area (Å²) in [5, 5.41) is 4.31. The first-order valence-corrected chi connectivity index (χ1v) is 9.87. The summed E-state index contributed by atoms with van der Waals surface area (Å²) in [5.74, 6) is -3.70.